The molecule has 0 saturated carbocycles. The van der Waals surface area contributed by atoms with Crippen LogP contribution in [0.4, 0.5) is 5.82 Å². The molecule has 0 aliphatic carbocycles. The minimum absolute atomic E-state index is 0. The Balaban J connectivity index is 0.00000112. The maximum Gasteiger partial charge on any atom is 0.248 e. The first-order valence-corrected chi connectivity index (χ1v) is 4.31. The molecule has 2 heterocycles. The van der Waals surface area contributed by atoms with Crippen LogP contribution in [0.2, 0.25) is 0 Å². The first kappa shape index (κ1) is 11.7. The van der Waals surface area contributed by atoms with Gasteiger partial charge in [-0.25, -0.2) is 4.98 Å². The second-order valence-corrected chi connectivity index (χ2v) is 3.14. The van der Waals surface area contributed by atoms with Gasteiger partial charge in [-0.15, -0.1) is 12.4 Å². The number of carbonyl (C=O) groups excluding carboxylic acids is 1. The molecule has 0 fully saturated rings. The number of pyridine rings is 1. The van der Waals surface area contributed by atoms with Crippen LogP contribution in [0.1, 0.15) is 0 Å². The number of rotatable bonds is 0. The molecule has 1 aliphatic rings. The molecule has 1 amide bonds. The van der Waals surface area contributed by atoms with Gasteiger partial charge in [0.25, 0.3) is 0 Å². The van der Waals surface area contributed by atoms with E-state index in [2.05, 4.69) is 4.98 Å². The predicted molar refractivity (Wildman–Crippen MR) is 58.4 cm³/mol. The Labute approximate surface area is 93.6 Å². The van der Waals surface area contributed by atoms with E-state index in [1.807, 2.05) is 0 Å². The van der Waals surface area contributed by atoms with E-state index in [9.17, 15) is 4.79 Å². The average Bonchev–Trinajstić information content (AvgIpc) is 2.32. The van der Waals surface area contributed by atoms with E-state index < -0.39 is 6.04 Å². The highest BCUT2D eigenvalue weighted by molar-refractivity contribution is 5.97. The second kappa shape index (κ2) is 4.46. The van der Waals surface area contributed by atoms with Crippen molar-refractivity contribution in [3.8, 4) is 5.75 Å². The predicted octanol–water partition coefficient (Wildman–Crippen LogP) is 0.186. The molecule has 0 bridgehead atoms. The van der Waals surface area contributed by atoms with Crippen molar-refractivity contribution in [1.29, 1.82) is 0 Å². The molecule has 2 N–H and O–H groups in total. The van der Waals surface area contributed by atoms with E-state index >= 15 is 0 Å². The second-order valence-electron chi connectivity index (χ2n) is 3.14. The van der Waals surface area contributed by atoms with Gasteiger partial charge in [0.1, 0.15) is 12.6 Å². The smallest absolute Gasteiger partial charge is 0.248 e. The van der Waals surface area contributed by atoms with Gasteiger partial charge in [-0.1, -0.05) is 0 Å². The minimum atomic E-state index is -0.616. The van der Waals surface area contributed by atoms with Crippen LogP contribution in [0.5, 0.6) is 5.75 Å². The monoisotopic (exact) mass is 229 g/mol. The summed E-state index contributed by atoms with van der Waals surface area (Å²) < 4.78 is 5.35. The summed E-state index contributed by atoms with van der Waals surface area (Å²) in [5.41, 5.74) is 5.60. The van der Waals surface area contributed by atoms with Crippen molar-refractivity contribution in [3.63, 3.8) is 0 Å². The molecule has 15 heavy (non-hydrogen) atoms. The zero-order chi connectivity index (χ0) is 10.1. The van der Waals surface area contributed by atoms with Crippen molar-refractivity contribution < 1.29 is 9.53 Å². The highest BCUT2D eigenvalue weighted by atomic mass is 35.5. The largest absolute Gasteiger partial charge is 0.488 e. The number of fused-ring (bicyclic) bond motifs is 1. The summed E-state index contributed by atoms with van der Waals surface area (Å²) in [7, 11) is 1.64. The van der Waals surface area contributed by atoms with E-state index in [4.69, 9.17) is 10.5 Å². The number of nitrogens with zero attached hydrogens (tertiary/aromatic N) is 2. The van der Waals surface area contributed by atoms with Gasteiger partial charge in [0, 0.05) is 13.2 Å². The number of anilines is 1. The van der Waals surface area contributed by atoms with Gasteiger partial charge in [-0.2, -0.15) is 0 Å². The molecule has 0 saturated heterocycles. The number of aromatic nitrogens is 1. The lowest BCUT2D eigenvalue weighted by molar-refractivity contribution is -0.119. The number of nitrogens with two attached hydrogens (primary N) is 1. The summed E-state index contributed by atoms with van der Waals surface area (Å²) in [5.74, 6) is 0.934. The number of likely N-dealkylation sites (N-methyl/N-ethyl adjacent to an activating group) is 1. The number of ether oxygens (including phenoxy) is 1. The minimum Gasteiger partial charge on any atom is -0.488 e. The first-order chi connectivity index (χ1) is 6.70. The summed E-state index contributed by atoms with van der Waals surface area (Å²) in [6.07, 6.45) is 1.61. The summed E-state index contributed by atoms with van der Waals surface area (Å²) >= 11 is 0. The molecule has 1 aromatic heterocycles. The zero-order valence-electron chi connectivity index (χ0n) is 8.21. The van der Waals surface area contributed by atoms with Crippen LogP contribution in [-0.4, -0.2) is 30.6 Å². The van der Waals surface area contributed by atoms with Gasteiger partial charge in [0.2, 0.25) is 5.91 Å². The van der Waals surface area contributed by atoms with Gasteiger partial charge in [-0.05, 0) is 12.1 Å². The van der Waals surface area contributed by atoms with Crippen molar-refractivity contribution in [2.75, 3.05) is 18.6 Å². The van der Waals surface area contributed by atoms with Crippen LogP contribution < -0.4 is 15.4 Å². The van der Waals surface area contributed by atoms with Gasteiger partial charge in [0.15, 0.2) is 11.6 Å². The maximum atomic E-state index is 11.6. The number of halogens is 1. The molecule has 5 nitrogen and oxygen atoms in total. The third-order valence-electron chi connectivity index (χ3n) is 2.13. The number of hydrogen-bond acceptors (Lipinski definition) is 4. The molecule has 82 valence electrons. The van der Waals surface area contributed by atoms with Crippen molar-refractivity contribution in [1.82, 2.24) is 4.98 Å². The van der Waals surface area contributed by atoms with E-state index in [0.717, 1.165) is 0 Å². The molecule has 0 spiro atoms. The van der Waals surface area contributed by atoms with E-state index in [-0.39, 0.29) is 24.9 Å². The molecule has 6 heteroatoms. The third kappa shape index (κ3) is 2.03. The molecule has 1 unspecified atom stereocenters. The van der Waals surface area contributed by atoms with E-state index in [1.165, 1.54) is 4.90 Å². The molecule has 0 aromatic carbocycles. The van der Waals surface area contributed by atoms with Crippen molar-refractivity contribution in [2.24, 2.45) is 5.73 Å². The van der Waals surface area contributed by atoms with E-state index in [0.29, 0.717) is 11.6 Å². The van der Waals surface area contributed by atoms with Crippen LogP contribution in [0.3, 0.4) is 0 Å². The Morgan fingerprint density at radius 1 is 1.67 bits per heavy atom. The fourth-order valence-corrected chi connectivity index (χ4v) is 1.35. The van der Waals surface area contributed by atoms with Crippen LogP contribution >= 0.6 is 12.4 Å². The van der Waals surface area contributed by atoms with Crippen molar-refractivity contribution in [2.45, 2.75) is 6.04 Å². The maximum absolute atomic E-state index is 11.6. The Bertz CT molecular complexity index is 372. The summed E-state index contributed by atoms with van der Waals surface area (Å²) in [6.45, 7) is 0.196. The molecule has 1 atom stereocenters. The van der Waals surface area contributed by atoms with Gasteiger partial charge in [0.05, 0.1) is 0 Å². The SMILES string of the molecule is CN1C(=O)C(N)COc2cccnc21.Cl. The standard InChI is InChI=1S/C9H11N3O2.ClH/c1-12-8-7(3-2-4-11-8)14-5-6(10)9(12)13;/h2-4,6H,5,10H2,1H3;1H. The highest BCUT2D eigenvalue weighted by Gasteiger charge is 2.26. The fraction of sp³-hybridized carbons (Fsp3) is 0.333. The zero-order valence-corrected chi connectivity index (χ0v) is 9.03. The Hall–Kier alpha value is -1.33. The van der Waals surface area contributed by atoms with Gasteiger partial charge < -0.3 is 10.5 Å². The molecular formula is C9H12ClN3O2. The average molecular weight is 230 g/mol. The lowest BCUT2D eigenvalue weighted by atomic mass is 10.3. The quantitative estimate of drug-likeness (QED) is 0.690. The van der Waals surface area contributed by atoms with Gasteiger partial charge in [-0.3, -0.25) is 9.69 Å². The Morgan fingerprint density at radius 2 is 2.40 bits per heavy atom. The van der Waals surface area contributed by atoms with E-state index in [1.54, 1.807) is 25.4 Å². The topological polar surface area (TPSA) is 68.5 Å². The molecule has 2 rings (SSSR count). The molecule has 1 aliphatic heterocycles. The number of carbonyl (C=O) groups is 1. The lowest BCUT2D eigenvalue weighted by Gasteiger charge is -2.15. The van der Waals surface area contributed by atoms with Crippen molar-refractivity contribution in [3.05, 3.63) is 18.3 Å². The summed E-state index contributed by atoms with van der Waals surface area (Å²) in [6, 6.07) is 2.91. The van der Waals surface area contributed by atoms with Crippen LogP contribution in [0.15, 0.2) is 18.3 Å². The molecular weight excluding hydrogens is 218 g/mol. The van der Waals surface area contributed by atoms with Crippen LogP contribution in [0, 0.1) is 0 Å². The van der Waals surface area contributed by atoms with Crippen LogP contribution in [-0.2, 0) is 4.79 Å². The normalized spacial score (nSPS) is 19.7. The van der Waals surface area contributed by atoms with Crippen LogP contribution in [0.25, 0.3) is 0 Å². The number of hydrogen-bond donors (Lipinski definition) is 1. The number of amides is 1. The summed E-state index contributed by atoms with van der Waals surface area (Å²) in [4.78, 5) is 17.1. The Kier molecular flexibility index (Phi) is 3.49. The lowest BCUT2D eigenvalue weighted by Crippen LogP contribution is -2.43. The third-order valence-corrected chi connectivity index (χ3v) is 2.13. The fourth-order valence-electron chi connectivity index (χ4n) is 1.35. The van der Waals surface area contributed by atoms with Crippen molar-refractivity contribution >= 4 is 24.1 Å². The molecule has 0 radical (unpaired) electrons. The summed E-state index contributed by atoms with van der Waals surface area (Å²) in [5, 5.41) is 0. The highest BCUT2D eigenvalue weighted by Crippen LogP contribution is 2.26. The molecule has 1 aromatic rings. The first-order valence-electron chi connectivity index (χ1n) is 4.31. The Morgan fingerprint density at radius 3 is 3.13 bits per heavy atom. The van der Waals surface area contributed by atoms with Gasteiger partial charge >= 0.3 is 0 Å².